The van der Waals surface area contributed by atoms with E-state index in [-0.39, 0.29) is 11.7 Å². The molecule has 0 spiro atoms. The van der Waals surface area contributed by atoms with E-state index in [4.69, 9.17) is 4.74 Å². The van der Waals surface area contributed by atoms with Crippen molar-refractivity contribution in [2.45, 2.75) is 33.7 Å². The van der Waals surface area contributed by atoms with Crippen molar-refractivity contribution in [2.24, 2.45) is 5.92 Å². The van der Waals surface area contributed by atoms with E-state index in [1.807, 2.05) is 17.7 Å². The third kappa shape index (κ3) is 5.17. The summed E-state index contributed by atoms with van der Waals surface area (Å²) < 4.78 is 20.5. The molecule has 0 bridgehead atoms. The first-order valence-corrected chi connectivity index (χ1v) is 10.3. The zero-order valence-electron chi connectivity index (χ0n) is 16.5. The van der Waals surface area contributed by atoms with Crippen LogP contribution < -0.4 is 5.32 Å². The third-order valence-electron chi connectivity index (χ3n) is 4.28. The minimum Gasteiger partial charge on any atom is -0.381 e. The summed E-state index contributed by atoms with van der Waals surface area (Å²) in [5.74, 6) is 0.193. The lowest BCUT2D eigenvalue weighted by Crippen LogP contribution is -2.24. The van der Waals surface area contributed by atoms with Crippen LogP contribution in [-0.4, -0.2) is 35.4 Å². The van der Waals surface area contributed by atoms with Gasteiger partial charge in [0.2, 0.25) is 0 Å². The summed E-state index contributed by atoms with van der Waals surface area (Å²) in [6.07, 6.45) is 0.792. The Hall–Kier alpha value is -2.25. The number of nitrogens with zero attached hydrogens (tertiary/aromatic N) is 2. The van der Waals surface area contributed by atoms with Crippen LogP contribution in [0.3, 0.4) is 0 Å². The maximum atomic E-state index is 13.1. The average molecular weight is 404 g/mol. The lowest BCUT2D eigenvalue weighted by Gasteiger charge is -2.07. The molecular weight excluding hydrogens is 377 g/mol. The maximum absolute atomic E-state index is 13.1. The van der Waals surface area contributed by atoms with Crippen molar-refractivity contribution >= 4 is 27.5 Å². The van der Waals surface area contributed by atoms with Crippen LogP contribution >= 0.6 is 11.3 Å². The van der Waals surface area contributed by atoms with Crippen molar-refractivity contribution in [2.75, 3.05) is 19.8 Å². The number of fused-ring (bicyclic) bond motifs is 1. The van der Waals surface area contributed by atoms with Crippen LogP contribution in [0.25, 0.3) is 10.2 Å². The SMILES string of the molecule is Cc1nn(Cc2ccc(F)cc2)c2sc(C(=O)NCCCOCC(C)C)cc12. The first-order chi connectivity index (χ1) is 13.4. The standard InChI is InChI=1S/C21H26FN3O2S/c1-14(2)13-27-10-4-9-23-20(26)19-11-18-15(3)24-25(21(18)28-19)12-16-5-7-17(22)8-6-16/h5-8,11,14H,4,9-10,12-13H2,1-3H3,(H,23,26). The quantitative estimate of drug-likeness (QED) is 0.539. The molecule has 7 heteroatoms. The summed E-state index contributed by atoms with van der Waals surface area (Å²) in [4.78, 5) is 14.1. The van der Waals surface area contributed by atoms with Crippen LogP contribution in [0, 0.1) is 18.7 Å². The molecule has 5 nitrogen and oxygen atoms in total. The Morgan fingerprint density at radius 1 is 1.32 bits per heavy atom. The number of hydrogen-bond acceptors (Lipinski definition) is 4. The van der Waals surface area contributed by atoms with Gasteiger partial charge in [-0.3, -0.25) is 9.48 Å². The fourth-order valence-electron chi connectivity index (χ4n) is 2.88. The molecule has 0 atom stereocenters. The highest BCUT2D eigenvalue weighted by Gasteiger charge is 2.16. The molecule has 2 aromatic heterocycles. The number of amides is 1. The lowest BCUT2D eigenvalue weighted by atomic mass is 10.2. The first kappa shape index (κ1) is 20.5. The van der Waals surface area contributed by atoms with Crippen LogP contribution in [0.1, 0.15) is 41.2 Å². The number of aryl methyl sites for hydroxylation is 1. The number of thiophene rings is 1. The second-order valence-electron chi connectivity index (χ2n) is 7.28. The highest BCUT2D eigenvalue weighted by atomic mass is 32.1. The summed E-state index contributed by atoms with van der Waals surface area (Å²) in [5.41, 5.74) is 1.85. The second-order valence-corrected chi connectivity index (χ2v) is 8.31. The molecule has 0 saturated carbocycles. The van der Waals surface area contributed by atoms with E-state index in [2.05, 4.69) is 24.3 Å². The molecule has 3 rings (SSSR count). The van der Waals surface area contributed by atoms with E-state index in [0.29, 0.717) is 30.5 Å². The molecule has 0 radical (unpaired) electrons. The van der Waals surface area contributed by atoms with Gasteiger partial charge in [-0.2, -0.15) is 5.10 Å². The monoisotopic (exact) mass is 403 g/mol. The van der Waals surface area contributed by atoms with Gasteiger partial charge < -0.3 is 10.1 Å². The minimum atomic E-state index is -0.254. The Morgan fingerprint density at radius 2 is 2.07 bits per heavy atom. The van der Waals surface area contributed by atoms with Gasteiger partial charge in [0.05, 0.1) is 17.1 Å². The maximum Gasteiger partial charge on any atom is 0.261 e. The normalized spacial score (nSPS) is 11.5. The van der Waals surface area contributed by atoms with Crippen molar-refractivity contribution in [1.82, 2.24) is 15.1 Å². The molecule has 0 aliphatic carbocycles. The van der Waals surface area contributed by atoms with E-state index >= 15 is 0 Å². The fourth-order valence-corrected chi connectivity index (χ4v) is 3.95. The summed E-state index contributed by atoms with van der Waals surface area (Å²) in [6.45, 7) is 8.69. The van der Waals surface area contributed by atoms with Gasteiger partial charge in [0.25, 0.3) is 5.91 Å². The number of aromatic nitrogens is 2. The molecule has 0 aliphatic heterocycles. The van der Waals surface area contributed by atoms with E-state index in [0.717, 1.165) is 34.5 Å². The number of benzene rings is 1. The average Bonchev–Trinajstić information content (AvgIpc) is 3.21. The molecule has 0 fully saturated rings. The smallest absolute Gasteiger partial charge is 0.261 e. The van der Waals surface area contributed by atoms with Gasteiger partial charge in [0, 0.05) is 25.1 Å². The van der Waals surface area contributed by atoms with Crippen LogP contribution in [0.4, 0.5) is 4.39 Å². The molecule has 1 amide bonds. The molecule has 150 valence electrons. The highest BCUT2D eigenvalue weighted by Crippen LogP contribution is 2.28. The van der Waals surface area contributed by atoms with Crippen molar-refractivity contribution in [3.8, 4) is 0 Å². The van der Waals surface area contributed by atoms with Gasteiger partial charge in [-0.05, 0) is 43.0 Å². The molecular formula is C21H26FN3O2S. The Bertz CT molecular complexity index is 931. The number of hydrogen-bond donors (Lipinski definition) is 1. The lowest BCUT2D eigenvalue weighted by molar-refractivity contribution is 0.0928. The summed E-state index contributed by atoms with van der Waals surface area (Å²) in [5, 5.41) is 8.50. The largest absolute Gasteiger partial charge is 0.381 e. The number of nitrogens with one attached hydrogen (secondary N) is 1. The predicted octanol–water partition coefficient (Wildman–Crippen LogP) is 4.39. The van der Waals surface area contributed by atoms with Gasteiger partial charge in [0.1, 0.15) is 10.6 Å². The van der Waals surface area contributed by atoms with Crippen molar-refractivity contribution in [3.05, 3.63) is 52.3 Å². The van der Waals surface area contributed by atoms with Crippen molar-refractivity contribution in [1.29, 1.82) is 0 Å². The summed E-state index contributed by atoms with van der Waals surface area (Å²) in [6, 6.07) is 8.29. The van der Waals surface area contributed by atoms with Gasteiger partial charge in [0.15, 0.2) is 0 Å². The van der Waals surface area contributed by atoms with Gasteiger partial charge in [-0.1, -0.05) is 26.0 Å². The molecule has 0 aliphatic rings. The summed E-state index contributed by atoms with van der Waals surface area (Å²) in [7, 11) is 0. The zero-order chi connectivity index (χ0) is 20.1. The van der Waals surface area contributed by atoms with E-state index in [1.54, 1.807) is 12.1 Å². The van der Waals surface area contributed by atoms with Crippen molar-refractivity contribution in [3.63, 3.8) is 0 Å². The number of ether oxygens (including phenoxy) is 1. The molecule has 3 aromatic rings. The zero-order valence-corrected chi connectivity index (χ0v) is 17.3. The number of carbonyl (C=O) groups excluding carboxylic acids is 1. The van der Waals surface area contributed by atoms with Crippen LogP contribution in [0.15, 0.2) is 30.3 Å². The molecule has 2 heterocycles. The van der Waals surface area contributed by atoms with Gasteiger partial charge in [-0.15, -0.1) is 11.3 Å². The first-order valence-electron chi connectivity index (χ1n) is 9.51. The van der Waals surface area contributed by atoms with Gasteiger partial charge in [-0.25, -0.2) is 4.39 Å². The Morgan fingerprint density at radius 3 is 2.79 bits per heavy atom. The second kappa shape index (κ2) is 9.30. The molecule has 0 saturated heterocycles. The van der Waals surface area contributed by atoms with Crippen LogP contribution in [0.5, 0.6) is 0 Å². The van der Waals surface area contributed by atoms with E-state index < -0.39 is 0 Å². The highest BCUT2D eigenvalue weighted by molar-refractivity contribution is 7.20. The molecule has 1 aromatic carbocycles. The minimum absolute atomic E-state index is 0.0715. The molecule has 0 unspecified atom stereocenters. The Balaban J connectivity index is 1.62. The predicted molar refractivity (Wildman–Crippen MR) is 110 cm³/mol. The molecule has 28 heavy (non-hydrogen) atoms. The number of carbonyl (C=O) groups is 1. The summed E-state index contributed by atoms with van der Waals surface area (Å²) >= 11 is 1.43. The number of rotatable bonds is 9. The molecule has 1 N–H and O–H groups in total. The Labute approximate surface area is 168 Å². The van der Waals surface area contributed by atoms with Gasteiger partial charge >= 0.3 is 0 Å². The fraction of sp³-hybridized carbons (Fsp3) is 0.429. The topological polar surface area (TPSA) is 56.2 Å². The van der Waals surface area contributed by atoms with Crippen LogP contribution in [-0.2, 0) is 11.3 Å². The Kier molecular flexibility index (Phi) is 6.80. The number of halogens is 1. The third-order valence-corrected chi connectivity index (χ3v) is 5.43. The van der Waals surface area contributed by atoms with E-state index in [1.165, 1.54) is 23.5 Å². The van der Waals surface area contributed by atoms with Crippen molar-refractivity contribution < 1.29 is 13.9 Å². The van der Waals surface area contributed by atoms with Crippen LogP contribution in [0.2, 0.25) is 0 Å². The van der Waals surface area contributed by atoms with E-state index in [9.17, 15) is 9.18 Å².